The molecule has 0 radical (unpaired) electrons. The topological polar surface area (TPSA) is 26.3 Å². The SMILES string of the molecule is C#CC(C)(C)Oc1cccc(C(=O)CC)c1. The van der Waals surface area contributed by atoms with Crippen molar-refractivity contribution in [3.8, 4) is 18.1 Å². The minimum absolute atomic E-state index is 0.101. The Morgan fingerprint density at radius 2 is 2.19 bits per heavy atom. The Balaban J connectivity index is 2.92. The van der Waals surface area contributed by atoms with E-state index in [9.17, 15) is 4.79 Å². The first kappa shape index (κ1) is 12.3. The van der Waals surface area contributed by atoms with E-state index < -0.39 is 5.60 Å². The van der Waals surface area contributed by atoms with Crippen molar-refractivity contribution in [1.29, 1.82) is 0 Å². The smallest absolute Gasteiger partial charge is 0.163 e. The monoisotopic (exact) mass is 216 g/mol. The van der Waals surface area contributed by atoms with Gasteiger partial charge in [-0.2, -0.15) is 0 Å². The van der Waals surface area contributed by atoms with Gasteiger partial charge in [-0.15, -0.1) is 6.42 Å². The third kappa shape index (κ3) is 3.13. The van der Waals surface area contributed by atoms with Crippen molar-refractivity contribution in [2.75, 3.05) is 0 Å². The molecule has 0 spiro atoms. The van der Waals surface area contributed by atoms with E-state index in [2.05, 4.69) is 5.92 Å². The van der Waals surface area contributed by atoms with Gasteiger partial charge in [0, 0.05) is 12.0 Å². The van der Waals surface area contributed by atoms with Gasteiger partial charge in [0.2, 0.25) is 0 Å². The van der Waals surface area contributed by atoms with Crippen LogP contribution in [0.4, 0.5) is 0 Å². The molecular weight excluding hydrogens is 200 g/mol. The van der Waals surface area contributed by atoms with Crippen LogP contribution in [0.3, 0.4) is 0 Å². The third-order valence-electron chi connectivity index (χ3n) is 2.20. The normalized spacial score (nSPS) is 10.6. The Kier molecular flexibility index (Phi) is 3.73. The lowest BCUT2D eigenvalue weighted by molar-refractivity contribution is 0.0986. The Bertz CT molecular complexity index is 425. The molecule has 0 aliphatic rings. The Hall–Kier alpha value is -1.75. The van der Waals surface area contributed by atoms with E-state index in [1.807, 2.05) is 6.92 Å². The predicted octanol–water partition coefficient (Wildman–Crippen LogP) is 3.07. The molecule has 1 aromatic carbocycles. The Morgan fingerprint density at radius 1 is 1.50 bits per heavy atom. The van der Waals surface area contributed by atoms with E-state index in [1.165, 1.54) is 0 Å². The van der Waals surface area contributed by atoms with Crippen LogP contribution in [0.5, 0.6) is 5.75 Å². The van der Waals surface area contributed by atoms with Crippen LogP contribution in [0.15, 0.2) is 24.3 Å². The summed E-state index contributed by atoms with van der Waals surface area (Å²) in [6, 6.07) is 7.10. The van der Waals surface area contributed by atoms with Gasteiger partial charge in [0.05, 0.1) is 0 Å². The molecule has 0 saturated carbocycles. The van der Waals surface area contributed by atoms with Crippen LogP contribution in [0.1, 0.15) is 37.6 Å². The van der Waals surface area contributed by atoms with Gasteiger partial charge in [-0.25, -0.2) is 0 Å². The van der Waals surface area contributed by atoms with Crippen LogP contribution in [0, 0.1) is 12.3 Å². The van der Waals surface area contributed by atoms with Crippen molar-refractivity contribution < 1.29 is 9.53 Å². The first-order valence-corrected chi connectivity index (χ1v) is 5.28. The number of Topliss-reactive ketones (excluding diaryl/α,β-unsaturated/α-hetero) is 1. The maximum atomic E-state index is 11.5. The minimum Gasteiger partial charge on any atom is -0.475 e. The number of benzene rings is 1. The Labute approximate surface area is 96.6 Å². The van der Waals surface area contributed by atoms with Crippen LogP contribution in [0.2, 0.25) is 0 Å². The molecule has 0 bridgehead atoms. The summed E-state index contributed by atoms with van der Waals surface area (Å²) < 4.78 is 5.60. The molecule has 0 aliphatic carbocycles. The van der Waals surface area contributed by atoms with Gasteiger partial charge in [-0.05, 0) is 26.0 Å². The van der Waals surface area contributed by atoms with Crippen molar-refractivity contribution in [2.24, 2.45) is 0 Å². The molecule has 0 saturated heterocycles. The zero-order valence-corrected chi connectivity index (χ0v) is 9.91. The second-order valence-electron chi connectivity index (χ2n) is 4.06. The van der Waals surface area contributed by atoms with E-state index in [0.717, 1.165) is 0 Å². The van der Waals surface area contributed by atoms with Gasteiger partial charge in [0.15, 0.2) is 11.4 Å². The first-order valence-electron chi connectivity index (χ1n) is 5.28. The third-order valence-corrected chi connectivity index (χ3v) is 2.20. The molecule has 0 N–H and O–H groups in total. The summed E-state index contributed by atoms with van der Waals surface area (Å²) in [5.41, 5.74) is 0.00118. The molecule has 0 aliphatic heterocycles. The lowest BCUT2D eigenvalue weighted by Crippen LogP contribution is -2.25. The van der Waals surface area contributed by atoms with E-state index in [0.29, 0.717) is 17.7 Å². The van der Waals surface area contributed by atoms with Crippen molar-refractivity contribution >= 4 is 5.78 Å². The van der Waals surface area contributed by atoms with E-state index in [4.69, 9.17) is 11.2 Å². The highest BCUT2D eigenvalue weighted by atomic mass is 16.5. The summed E-state index contributed by atoms with van der Waals surface area (Å²) in [6.45, 7) is 5.45. The summed E-state index contributed by atoms with van der Waals surface area (Å²) in [4.78, 5) is 11.5. The largest absolute Gasteiger partial charge is 0.475 e. The zero-order valence-electron chi connectivity index (χ0n) is 9.91. The molecule has 1 rings (SSSR count). The minimum atomic E-state index is -0.659. The van der Waals surface area contributed by atoms with Crippen molar-refractivity contribution in [3.63, 3.8) is 0 Å². The fourth-order valence-corrected chi connectivity index (χ4v) is 1.26. The molecule has 0 unspecified atom stereocenters. The highest BCUT2D eigenvalue weighted by Gasteiger charge is 2.16. The molecular formula is C14H16O2. The average Bonchev–Trinajstić information content (AvgIpc) is 2.28. The number of rotatable bonds is 4. The van der Waals surface area contributed by atoms with Gasteiger partial charge in [0.1, 0.15) is 5.75 Å². The average molecular weight is 216 g/mol. The lowest BCUT2D eigenvalue weighted by atomic mass is 10.1. The number of terminal acetylenes is 1. The van der Waals surface area contributed by atoms with Crippen LogP contribution in [-0.2, 0) is 0 Å². The molecule has 16 heavy (non-hydrogen) atoms. The summed E-state index contributed by atoms with van der Waals surface area (Å²) in [5.74, 6) is 3.27. The highest BCUT2D eigenvalue weighted by Crippen LogP contribution is 2.19. The van der Waals surface area contributed by atoms with Gasteiger partial charge in [0.25, 0.3) is 0 Å². The molecule has 1 aromatic rings. The number of ketones is 1. The maximum absolute atomic E-state index is 11.5. The maximum Gasteiger partial charge on any atom is 0.163 e. The van der Waals surface area contributed by atoms with Crippen molar-refractivity contribution in [1.82, 2.24) is 0 Å². The van der Waals surface area contributed by atoms with Crippen LogP contribution in [0.25, 0.3) is 0 Å². The lowest BCUT2D eigenvalue weighted by Gasteiger charge is -2.20. The van der Waals surface area contributed by atoms with Crippen molar-refractivity contribution in [2.45, 2.75) is 32.8 Å². The molecule has 2 heteroatoms. The van der Waals surface area contributed by atoms with E-state index in [-0.39, 0.29) is 5.78 Å². The summed E-state index contributed by atoms with van der Waals surface area (Å²) >= 11 is 0. The summed E-state index contributed by atoms with van der Waals surface area (Å²) in [6.07, 6.45) is 5.82. The van der Waals surface area contributed by atoms with Gasteiger partial charge >= 0.3 is 0 Å². The number of carbonyl (C=O) groups excluding carboxylic acids is 1. The molecule has 0 amide bonds. The fourth-order valence-electron chi connectivity index (χ4n) is 1.26. The number of hydrogen-bond acceptors (Lipinski definition) is 2. The van der Waals surface area contributed by atoms with Gasteiger partial charge in [-0.3, -0.25) is 4.79 Å². The molecule has 0 atom stereocenters. The van der Waals surface area contributed by atoms with Crippen LogP contribution >= 0.6 is 0 Å². The fraction of sp³-hybridized carbons (Fsp3) is 0.357. The van der Waals surface area contributed by atoms with Crippen LogP contribution < -0.4 is 4.74 Å². The number of ether oxygens (including phenoxy) is 1. The molecule has 0 aromatic heterocycles. The molecule has 0 heterocycles. The number of hydrogen-bond donors (Lipinski definition) is 0. The molecule has 0 fully saturated rings. The standard InChI is InChI=1S/C14H16O2/c1-5-13(15)11-8-7-9-12(10-11)16-14(3,4)6-2/h2,7-10H,5H2,1,3-4H3. The second-order valence-corrected chi connectivity index (χ2v) is 4.06. The predicted molar refractivity (Wildman–Crippen MR) is 64.6 cm³/mol. The Morgan fingerprint density at radius 3 is 2.75 bits per heavy atom. The second kappa shape index (κ2) is 4.85. The van der Waals surface area contributed by atoms with E-state index >= 15 is 0 Å². The quantitative estimate of drug-likeness (QED) is 0.571. The summed E-state index contributed by atoms with van der Waals surface area (Å²) in [5, 5.41) is 0. The van der Waals surface area contributed by atoms with Crippen molar-refractivity contribution in [3.05, 3.63) is 29.8 Å². The summed E-state index contributed by atoms with van der Waals surface area (Å²) in [7, 11) is 0. The highest BCUT2D eigenvalue weighted by molar-refractivity contribution is 5.96. The van der Waals surface area contributed by atoms with Gasteiger partial charge < -0.3 is 4.74 Å². The molecule has 2 nitrogen and oxygen atoms in total. The first-order chi connectivity index (χ1) is 7.48. The van der Waals surface area contributed by atoms with E-state index in [1.54, 1.807) is 38.1 Å². The van der Waals surface area contributed by atoms with Crippen LogP contribution in [-0.4, -0.2) is 11.4 Å². The van der Waals surface area contributed by atoms with Gasteiger partial charge in [-0.1, -0.05) is 25.0 Å². The zero-order chi connectivity index (χ0) is 12.2. The molecule has 84 valence electrons. The number of carbonyl (C=O) groups is 1.